The van der Waals surface area contributed by atoms with E-state index in [1.807, 2.05) is 6.92 Å². The van der Waals surface area contributed by atoms with Crippen molar-refractivity contribution in [3.05, 3.63) is 24.3 Å². The molecule has 0 saturated heterocycles. The Morgan fingerprint density at radius 2 is 2.06 bits per heavy atom. The molecule has 0 atom stereocenters. The van der Waals surface area contributed by atoms with E-state index in [0.29, 0.717) is 11.6 Å². The molecule has 0 fully saturated rings. The molecule has 0 N–H and O–H groups in total. The molecular formula is C11H16N6O. The van der Waals surface area contributed by atoms with Crippen molar-refractivity contribution in [1.29, 1.82) is 0 Å². The van der Waals surface area contributed by atoms with Gasteiger partial charge < -0.3 is 0 Å². The molecule has 0 unspecified atom stereocenters. The summed E-state index contributed by atoms with van der Waals surface area (Å²) in [5.41, 5.74) is 0. The van der Waals surface area contributed by atoms with E-state index >= 15 is 0 Å². The molecule has 0 radical (unpaired) electrons. The van der Waals surface area contributed by atoms with Crippen LogP contribution < -0.4 is 0 Å². The van der Waals surface area contributed by atoms with Crippen molar-refractivity contribution in [3.8, 4) is 0 Å². The molecule has 0 aromatic carbocycles. The number of hydrogen-bond donors (Lipinski definition) is 0. The fraction of sp³-hybridized carbons (Fsp3) is 0.545. The number of carbonyl (C=O) groups is 1. The van der Waals surface area contributed by atoms with Crippen molar-refractivity contribution < 1.29 is 4.79 Å². The average Bonchev–Trinajstić information content (AvgIpc) is 2.99. The van der Waals surface area contributed by atoms with Gasteiger partial charge in [-0.25, -0.2) is 14.8 Å². The highest BCUT2D eigenvalue weighted by atomic mass is 16.2. The number of carbonyl (C=O) groups excluding carboxylic acids is 1. The Kier molecular flexibility index (Phi) is 3.81. The van der Waals surface area contributed by atoms with Crippen LogP contribution >= 0.6 is 0 Å². The maximum Gasteiger partial charge on any atom is 0.372 e. The Morgan fingerprint density at radius 3 is 2.67 bits per heavy atom. The predicted molar refractivity (Wildman–Crippen MR) is 64.2 cm³/mol. The van der Waals surface area contributed by atoms with Gasteiger partial charge in [-0.1, -0.05) is 13.8 Å². The van der Waals surface area contributed by atoms with Crippen LogP contribution in [-0.4, -0.2) is 35.6 Å². The summed E-state index contributed by atoms with van der Waals surface area (Å²) >= 11 is 0. The fourth-order valence-corrected chi connectivity index (χ4v) is 1.66. The molecule has 0 bridgehead atoms. The molecule has 18 heavy (non-hydrogen) atoms. The summed E-state index contributed by atoms with van der Waals surface area (Å²) in [6.07, 6.45) is 6.04. The van der Waals surface area contributed by atoms with Crippen molar-refractivity contribution in [2.45, 2.75) is 39.5 Å². The zero-order valence-corrected chi connectivity index (χ0v) is 10.6. The quantitative estimate of drug-likeness (QED) is 0.814. The summed E-state index contributed by atoms with van der Waals surface area (Å²) in [5.74, 6) is 1.39. The van der Waals surface area contributed by atoms with E-state index in [1.54, 1.807) is 0 Å². The first-order valence-corrected chi connectivity index (χ1v) is 6.10. The lowest BCUT2D eigenvalue weighted by molar-refractivity contribution is 0.237. The first kappa shape index (κ1) is 12.4. The van der Waals surface area contributed by atoms with Crippen molar-refractivity contribution in [2.24, 2.45) is 0 Å². The van der Waals surface area contributed by atoms with Gasteiger partial charge in [0.1, 0.15) is 18.5 Å². The van der Waals surface area contributed by atoms with E-state index in [2.05, 4.69) is 27.1 Å². The summed E-state index contributed by atoms with van der Waals surface area (Å²) in [4.78, 5) is 20.3. The smallest absolute Gasteiger partial charge is 0.243 e. The van der Waals surface area contributed by atoms with Crippen LogP contribution in [0.4, 0.5) is 4.79 Å². The molecule has 0 aliphatic rings. The summed E-state index contributed by atoms with van der Waals surface area (Å²) < 4.78 is 2.48. The highest BCUT2D eigenvalue weighted by molar-refractivity contribution is 5.77. The molecule has 0 aliphatic heterocycles. The van der Waals surface area contributed by atoms with Crippen LogP contribution in [0.15, 0.2) is 12.7 Å². The number of aryl methyl sites for hydroxylation is 2. The largest absolute Gasteiger partial charge is 0.372 e. The minimum absolute atomic E-state index is 0.342. The average molecular weight is 248 g/mol. The van der Waals surface area contributed by atoms with Crippen LogP contribution in [0.2, 0.25) is 0 Å². The monoisotopic (exact) mass is 248 g/mol. The first-order chi connectivity index (χ1) is 8.76. The van der Waals surface area contributed by atoms with Gasteiger partial charge in [0.15, 0.2) is 5.82 Å². The van der Waals surface area contributed by atoms with Crippen molar-refractivity contribution in [2.75, 3.05) is 0 Å². The van der Waals surface area contributed by atoms with Gasteiger partial charge >= 0.3 is 6.03 Å². The molecule has 96 valence electrons. The highest BCUT2D eigenvalue weighted by Gasteiger charge is 2.17. The predicted octanol–water partition coefficient (Wildman–Crippen LogP) is 1.29. The SMILES string of the molecule is CCCc1nc(CCC)n(C(=O)n2cncn2)n1. The summed E-state index contributed by atoms with van der Waals surface area (Å²) in [6.45, 7) is 4.10. The normalized spacial score (nSPS) is 10.8. The second-order valence-electron chi connectivity index (χ2n) is 3.98. The van der Waals surface area contributed by atoms with E-state index in [1.165, 1.54) is 17.3 Å². The topological polar surface area (TPSA) is 78.5 Å². The molecule has 0 aliphatic carbocycles. The Morgan fingerprint density at radius 1 is 1.28 bits per heavy atom. The number of aromatic nitrogens is 6. The highest BCUT2D eigenvalue weighted by Crippen LogP contribution is 2.05. The van der Waals surface area contributed by atoms with E-state index in [0.717, 1.165) is 30.4 Å². The third-order valence-corrected chi connectivity index (χ3v) is 2.46. The molecule has 2 rings (SSSR count). The van der Waals surface area contributed by atoms with Gasteiger partial charge in [-0.05, 0) is 12.8 Å². The molecule has 2 heterocycles. The maximum atomic E-state index is 12.1. The zero-order chi connectivity index (χ0) is 13.0. The molecule has 0 spiro atoms. The van der Waals surface area contributed by atoms with Crippen LogP contribution in [-0.2, 0) is 12.8 Å². The minimum Gasteiger partial charge on any atom is -0.243 e. The summed E-state index contributed by atoms with van der Waals surface area (Å²) in [5, 5.41) is 8.06. The second kappa shape index (κ2) is 5.52. The van der Waals surface area contributed by atoms with Crippen molar-refractivity contribution >= 4 is 6.03 Å². The first-order valence-electron chi connectivity index (χ1n) is 6.10. The minimum atomic E-state index is -0.342. The van der Waals surface area contributed by atoms with Crippen LogP contribution in [0, 0.1) is 0 Å². The Labute approximate surface area is 105 Å². The Bertz CT molecular complexity index is 516. The molecular weight excluding hydrogens is 232 g/mol. The van der Waals surface area contributed by atoms with E-state index in [9.17, 15) is 4.79 Å². The van der Waals surface area contributed by atoms with Crippen LogP contribution in [0.25, 0.3) is 0 Å². The molecule has 2 aromatic heterocycles. The molecule has 2 aromatic rings. The third kappa shape index (κ3) is 2.44. The van der Waals surface area contributed by atoms with Gasteiger partial charge in [0.25, 0.3) is 0 Å². The maximum absolute atomic E-state index is 12.1. The van der Waals surface area contributed by atoms with Gasteiger partial charge in [0, 0.05) is 12.8 Å². The van der Waals surface area contributed by atoms with E-state index in [4.69, 9.17) is 0 Å². The molecule has 7 heteroatoms. The van der Waals surface area contributed by atoms with Crippen molar-refractivity contribution in [1.82, 2.24) is 29.5 Å². The summed E-state index contributed by atoms with van der Waals surface area (Å²) in [7, 11) is 0. The summed E-state index contributed by atoms with van der Waals surface area (Å²) in [6, 6.07) is -0.342. The lowest BCUT2D eigenvalue weighted by atomic mass is 10.3. The molecule has 0 saturated carbocycles. The van der Waals surface area contributed by atoms with Gasteiger partial charge in [-0.15, -0.1) is 5.10 Å². The second-order valence-corrected chi connectivity index (χ2v) is 3.98. The number of nitrogens with zero attached hydrogens (tertiary/aromatic N) is 6. The van der Waals surface area contributed by atoms with Crippen LogP contribution in [0.3, 0.4) is 0 Å². The molecule has 0 amide bonds. The third-order valence-electron chi connectivity index (χ3n) is 2.46. The number of rotatable bonds is 4. The lowest BCUT2D eigenvalue weighted by Crippen LogP contribution is -2.23. The van der Waals surface area contributed by atoms with Gasteiger partial charge in [-0.3, -0.25) is 0 Å². The lowest BCUT2D eigenvalue weighted by Gasteiger charge is -2.01. The van der Waals surface area contributed by atoms with E-state index in [-0.39, 0.29) is 6.03 Å². The van der Waals surface area contributed by atoms with Gasteiger partial charge in [0.2, 0.25) is 0 Å². The van der Waals surface area contributed by atoms with Gasteiger partial charge in [-0.2, -0.15) is 14.5 Å². The Balaban J connectivity index is 2.32. The van der Waals surface area contributed by atoms with Crippen LogP contribution in [0.1, 0.15) is 38.3 Å². The molecule has 7 nitrogen and oxygen atoms in total. The van der Waals surface area contributed by atoms with Crippen molar-refractivity contribution in [3.63, 3.8) is 0 Å². The van der Waals surface area contributed by atoms with Gasteiger partial charge in [0.05, 0.1) is 0 Å². The number of hydrogen-bond acceptors (Lipinski definition) is 5. The van der Waals surface area contributed by atoms with Crippen LogP contribution in [0.5, 0.6) is 0 Å². The zero-order valence-electron chi connectivity index (χ0n) is 10.6. The Hall–Kier alpha value is -2.05. The fourth-order valence-electron chi connectivity index (χ4n) is 1.66. The van der Waals surface area contributed by atoms with E-state index < -0.39 is 0 Å². The standard InChI is InChI=1S/C11H16N6O/c1-3-5-9-14-10(6-4-2)17(15-9)11(18)16-8-12-7-13-16/h7-8H,3-6H2,1-2H3.